The van der Waals surface area contributed by atoms with E-state index in [0.29, 0.717) is 6.54 Å². The summed E-state index contributed by atoms with van der Waals surface area (Å²) in [4.78, 5) is 2.11. The molecule has 0 amide bonds. The summed E-state index contributed by atoms with van der Waals surface area (Å²) in [5, 5.41) is 1.20. The van der Waals surface area contributed by atoms with Crippen molar-refractivity contribution >= 4 is 38.9 Å². The number of hydrogen-bond acceptors (Lipinski definition) is 4. The Morgan fingerprint density at radius 2 is 1.88 bits per heavy atom. The number of hydrogen-bond donors (Lipinski definition) is 0. The van der Waals surface area contributed by atoms with Gasteiger partial charge < -0.3 is 9.45 Å². The molecule has 0 saturated heterocycles. The van der Waals surface area contributed by atoms with Crippen molar-refractivity contribution in [1.82, 2.24) is 0 Å². The minimum absolute atomic E-state index is 0.273. The lowest BCUT2D eigenvalue weighted by atomic mass is 10.0. The van der Waals surface area contributed by atoms with E-state index < -0.39 is 10.1 Å². The highest BCUT2D eigenvalue weighted by Gasteiger charge is 2.21. The Morgan fingerprint density at radius 1 is 1.06 bits per heavy atom. The van der Waals surface area contributed by atoms with E-state index in [2.05, 4.69) is 97.0 Å². The Bertz CT molecular complexity index is 1340. The standard InChI is InChI=1S/C26H28N2O3S/c1-4-27-23(12-10-21-8-5-7-20(3)26(21)27)18-24-13-11-22-17-19(2)9-14-25(22)28(24)15-6-16-32(29,30)31/h5,7-14,17-18H,4,6,15-16H2,1-3H3. The van der Waals surface area contributed by atoms with Crippen LogP contribution in [0.1, 0.15) is 35.7 Å². The molecule has 0 atom stereocenters. The summed E-state index contributed by atoms with van der Waals surface area (Å²) in [6, 6.07) is 16.8. The third kappa shape index (κ3) is 4.61. The van der Waals surface area contributed by atoms with E-state index in [0.717, 1.165) is 34.8 Å². The van der Waals surface area contributed by atoms with Crippen molar-refractivity contribution in [2.45, 2.75) is 33.7 Å². The molecule has 0 aliphatic carbocycles. The van der Waals surface area contributed by atoms with Crippen LogP contribution in [-0.4, -0.2) is 25.3 Å². The highest BCUT2D eigenvalue weighted by Crippen LogP contribution is 2.32. The fraction of sp³-hybridized carbons (Fsp3) is 0.269. The van der Waals surface area contributed by atoms with Crippen molar-refractivity contribution in [2.75, 3.05) is 17.2 Å². The highest BCUT2D eigenvalue weighted by molar-refractivity contribution is 7.85. The van der Waals surface area contributed by atoms with Crippen molar-refractivity contribution in [1.29, 1.82) is 0 Å². The molecule has 1 aliphatic rings. The quantitative estimate of drug-likeness (QED) is 0.409. The van der Waals surface area contributed by atoms with Crippen LogP contribution in [0.3, 0.4) is 0 Å². The van der Waals surface area contributed by atoms with Crippen LogP contribution in [0.25, 0.3) is 23.1 Å². The van der Waals surface area contributed by atoms with Gasteiger partial charge in [-0.05, 0) is 63.1 Å². The number of para-hydroxylation sites is 1. The Labute approximate surface area is 190 Å². The molecule has 1 aliphatic heterocycles. The normalized spacial score (nSPS) is 14.9. The van der Waals surface area contributed by atoms with E-state index in [-0.39, 0.29) is 12.2 Å². The minimum atomic E-state index is -4.24. The number of anilines is 1. The van der Waals surface area contributed by atoms with Gasteiger partial charge in [0.05, 0.1) is 10.1 Å². The van der Waals surface area contributed by atoms with Gasteiger partial charge >= 0.3 is 0 Å². The van der Waals surface area contributed by atoms with Crippen LogP contribution in [0.5, 0.6) is 0 Å². The zero-order valence-electron chi connectivity index (χ0n) is 18.7. The lowest BCUT2D eigenvalue weighted by Gasteiger charge is -2.31. The van der Waals surface area contributed by atoms with Gasteiger partial charge in [-0.2, -0.15) is 4.57 Å². The van der Waals surface area contributed by atoms with E-state index in [9.17, 15) is 13.0 Å². The average Bonchev–Trinajstić information content (AvgIpc) is 2.74. The first-order valence-electron chi connectivity index (χ1n) is 10.9. The summed E-state index contributed by atoms with van der Waals surface area (Å²) >= 11 is 0. The fourth-order valence-electron chi connectivity index (χ4n) is 4.43. The second-order valence-electron chi connectivity index (χ2n) is 8.25. The van der Waals surface area contributed by atoms with Crippen molar-refractivity contribution in [3.05, 3.63) is 82.7 Å². The molecule has 0 spiro atoms. The van der Waals surface area contributed by atoms with Crippen LogP contribution in [0, 0.1) is 13.8 Å². The van der Waals surface area contributed by atoms with Crippen LogP contribution >= 0.6 is 0 Å². The number of aromatic nitrogens is 1. The van der Waals surface area contributed by atoms with E-state index >= 15 is 0 Å². The molecule has 2 aromatic carbocycles. The van der Waals surface area contributed by atoms with Crippen LogP contribution in [0.4, 0.5) is 5.69 Å². The Kier molecular flexibility index (Phi) is 6.17. The van der Waals surface area contributed by atoms with Crippen LogP contribution in [-0.2, 0) is 16.7 Å². The maximum Gasteiger partial charge on any atom is 0.215 e. The van der Waals surface area contributed by atoms with E-state index in [4.69, 9.17) is 0 Å². The minimum Gasteiger partial charge on any atom is -0.748 e. The maximum absolute atomic E-state index is 11.2. The summed E-state index contributed by atoms with van der Waals surface area (Å²) in [5.41, 5.74) is 7.76. The fourth-order valence-corrected chi connectivity index (χ4v) is 4.91. The molecule has 1 aromatic heterocycles. The molecule has 0 fully saturated rings. The maximum atomic E-state index is 11.2. The molecule has 32 heavy (non-hydrogen) atoms. The molecular formula is C26H28N2O3S. The molecule has 0 unspecified atom stereocenters. The average molecular weight is 449 g/mol. The molecule has 4 rings (SSSR count). The third-order valence-electron chi connectivity index (χ3n) is 5.89. The van der Waals surface area contributed by atoms with Crippen molar-refractivity contribution in [3.63, 3.8) is 0 Å². The number of nitrogens with zero attached hydrogens (tertiary/aromatic N) is 2. The van der Waals surface area contributed by atoms with Gasteiger partial charge in [-0.3, -0.25) is 0 Å². The topological polar surface area (TPSA) is 64.3 Å². The van der Waals surface area contributed by atoms with Gasteiger partial charge in [-0.25, -0.2) is 8.42 Å². The van der Waals surface area contributed by atoms with E-state index in [1.165, 1.54) is 16.5 Å². The largest absolute Gasteiger partial charge is 0.748 e. The molecule has 3 aromatic rings. The number of benzene rings is 2. The third-order valence-corrected chi connectivity index (χ3v) is 6.68. The SMILES string of the molecule is CC[n+]1c(/C=C2\C=Cc3cc(C)ccc3N2CCCS(=O)(=O)[O-])ccc2cccc(C)c21. The predicted octanol–water partition coefficient (Wildman–Crippen LogP) is 4.57. The number of rotatable bonds is 6. The molecule has 6 heteroatoms. The summed E-state index contributed by atoms with van der Waals surface area (Å²) in [7, 11) is -4.24. The van der Waals surface area contributed by atoms with Gasteiger partial charge in [0.15, 0.2) is 0 Å². The smallest absolute Gasteiger partial charge is 0.215 e. The van der Waals surface area contributed by atoms with Gasteiger partial charge in [-0.15, -0.1) is 0 Å². The van der Waals surface area contributed by atoms with Crippen LogP contribution < -0.4 is 9.47 Å². The lowest BCUT2D eigenvalue weighted by molar-refractivity contribution is -0.669. The van der Waals surface area contributed by atoms with Gasteiger partial charge in [0.25, 0.3) is 0 Å². The first-order chi connectivity index (χ1) is 15.3. The second-order valence-corrected chi connectivity index (χ2v) is 9.77. The summed E-state index contributed by atoms with van der Waals surface area (Å²) in [5.74, 6) is -0.369. The molecule has 0 saturated carbocycles. The van der Waals surface area contributed by atoms with Crippen LogP contribution in [0.15, 0.2) is 60.3 Å². The van der Waals surface area contributed by atoms with Crippen molar-refractivity contribution < 1.29 is 17.5 Å². The van der Waals surface area contributed by atoms with Gasteiger partial charge in [0.2, 0.25) is 11.2 Å². The highest BCUT2D eigenvalue weighted by atomic mass is 32.2. The zero-order valence-corrected chi connectivity index (χ0v) is 19.5. The molecule has 0 N–H and O–H groups in total. The van der Waals surface area contributed by atoms with Crippen LogP contribution in [0.2, 0.25) is 0 Å². The van der Waals surface area contributed by atoms with E-state index in [1.54, 1.807) is 0 Å². The molecular weight excluding hydrogens is 420 g/mol. The number of aryl methyl sites for hydroxylation is 3. The van der Waals surface area contributed by atoms with Gasteiger partial charge in [0.1, 0.15) is 6.54 Å². The Balaban J connectivity index is 1.80. The summed E-state index contributed by atoms with van der Waals surface area (Å²) in [6.07, 6.45) is 6.57. The first-order valence-corrected chi connectivity index (χ1v) is 12.5. The number of pyridine rings is 1. The van der Waals surface area contributed by atoms with Gasteiger partial charge in [0, 0.05) is 46.8 Å². The molecule has 0 bridgehead atoms. The summed E-state index contributed by atoms with van der Waals surface area (Å²) < 4.78 is 35.8. The Hall–Kier alpha value is -2.96. The molecule has 5 nitrogen and oxygen atoms in total. The molecule has 2 heterocycles. The summed E-state index contributed by atoms with van der Waals surface area (Å²) in [6.45, 7) is 7.59. The molecule has 0 radical (unpaired) electrons. The Morgan fingerprint density at radius 3 is 2.62 bits per heavy atom. The molecule has 166 valence electrons. The van der Waals surface area contributed by atoms with E-state index in [1.807, 2.05) is 0 Å². The zero-order chi connectivity index (χ0) is 22.9. The second kappa shape index (κ2) is 8.88. The number of fused-ring (bicyclic) bond motifs is 2. The monoisotopic (exact) mass is 448 g/mol. The van der Waals surface area contributed by atoms with Crippen molar-refractivity contribution in [3.8, 4) is 0 Å². The lowest BCUT2D eigenvalue weighted by Crippen LogP contribution is -2.38. The van der Waals surface area contributed by atoms with Crippen molar-refractivity contribution in [2.24, 2.45) is 0 Å². The first kappa shape index (κ1) is 22.2. The number of allylic oxidation sites excluding steroid dienone is 1. The predicted molar refractivity (Wildman–Crippen MR) is 129 cm³/mol. The van der Waals surface area contributed by atoms with Gasteiger partial charge in [-0.1, -0.05) is 29.8 Å².